The third-order valence-corrected chi connectivity index (χ3v) is 6.79. The van der Waals surface area contributed by atoms with Gasteiger partial charge in [-0.1, -0.05) is 0 Å². The Hall–Kier alpha value is -1.27. The summed E-state index contributed by atoms with van der Waals surface area (Å²) in [6, 6.07) is 0. The van der Waals surface area contributed by atoms with Crippen LogP contribution in [0.5, 0.6) is 0 Å². The number of thiazole rings is 1. The van der Waals surface area contributed by atoms with E-state index in [0.717, 1.165) is 35.4 Å². The molecule has 4 atom stereocenters. The second kappa shape index (κ2) is 5.38. The Bertz CT molecular complexity index is 734. The maximum Gasteiger partial charge on any atom is 0.255 e. The van der Waals surface area contributed by atoms with Gasteiger partial charge in [0.1, 0.15) is 5.78 Å². The highest BCUT2D eigenvalue weighted by Crippen LogP contribution is 2.64. The molecular weight excluding hydrogens is 312 g/mol. The molecule has 5 nitrogen and oxygen atoms in total. The predicted octanol–water partition coefficient (Wildman–Crippen LogP) is 1.94. The molecule has 4 aliphatic rings. The van der Waals surface area contributed by atoms with Crippen LogP contribution < -0.4 is 4.80 Å². The summed E-state index contributed by atoms with van der Waals surface area (Å²) in [4.78, 5) is 31.7. The average molecular weight is 334 g/mol. The third kappa shape index (κ3) is 2.26. The SMILES string of the molecule is COCCn1cc(C)sc1=NC(=O)C12CC3CC(C1)C(=O)C2C3. The minimum absolute atomic E-state index is 0.0593. The van der Waals surface area contributed by atoms with Crippen molar-refractivity contribution in [1.29, 1.82) is 0 Å². The zero-order valence-corrected chi connectivity index (χ0v) is 14.4. The molecule has 124 valence electrons. The van der Waals surface area contributed by atoms with Gasteiger partial charge in [0.05, 0.1) is 12.0 Å². The summed E-state index contributed by atoms with van der Waals surface area (Å²) in [6.45, 7) is 3.30. The van der Waals surface area contributed by atoms with E-state index in [0.29, 0.717) is 24.9 Å². The normalized spacial score (nSPS) is 35.5. The van der Waals surface area contributed by atoms with Crippen molar-refractivity contribution < 1.29 is 14.3 Å². The van der Waals surface area contributed by atoms with Crippen molar-refractivity contribution in [2.45, 2.75) is 39.2 Å². The summed E-state index contributed by atoms with van der Waals surface area (Å²) in [5.74, 6) is 0.889. The Morgan fingerprint density at radius 2 is 2.30 bits per heavy atom. The second-order valence-corrected chi connectivity index (χ2v) is 8.49. The van der Waals surface area contributed by atoms with Gasteiger partial charge >= 0.3 is 0 Å². The first-order valence-electron chi connectivity index (χ1n) is 8.32. The summed E-state index contributed by atoms with van der Waals surface area (Å²) in [5, 5.41) is 0. The largest absolute Gasteiger partial charge is 0.383 e. The molecule has 0 radical (unpaired) electrons. The fourth-order valence-corrected chi connectivity index (χ4v) is 5.84. The quantitative estimate of drug-likeness (QED) is 0.845. The summed E-state index contributed by atoms with van der Waals surface area (Å²) >= 11 is 1.53. The van der Waals surface area contributed by atoms with Gasteiger partial charge < -0.3 is 9.30 Å². The second-order valence-electron chi connectivity index (χ2n) is 7.28. The highest BCUT2D eigenvalue weighted by molar-refractivity contribution is 7.09. The third-order valence-electron chi connectivity index (χ3n) is 5.86. The Balaban J connectivity index is 1.67. The minimum atomic E-state index is -0.484. The average Bonchev–Trinajstić information content (AvgIpc) is 3.06. The van der Waals surface area contributed by atoms with E-state index < -0.39 is 5.41 Å². The number of ketones is 1. The number of hydrogen-bond donors (Lipinski definition) is 0. The van der Waals surface area contributed by atoms with Gasteiger partial charge in [0.25, 0.3) is 5.91 Å². The summed E-state index contributed by atoms with van der Waals surface area (Å²) < 4.78 is 7.11. The number of ether oxygens (including phenoxy) is 1. The molecule has 0 aromatic carbocycles. The highest BCUT2D eigenvalue weighted by atomic mass is 32.1. The lowest BCUT2D eigenvalue weighted by molar-refractivity contribution is -0.132. The molecule has 4 aliphatic carbocycles. The Morgan fingerprint density at radius 1 is 1.48 bits per heavy atom. The fraction of sp³-hybridized carbons (Fsp3) is 0.706. The monoisotopic (exact) mass is 334 g/mol. The molecule has 0 N–H and O–H groups in total. The molecule has 1 amide bonds. The first-order chi connectivity index (χ1) is 11.0. The van der Waals surface area contributed by atoms with Gasteiger partial charge in [-0.15, -0.1) is 11.3 Å². The maximum absolute atomic E-state index is 13.0. The topological polar surface area (TPSA) is 60.7 Å². The molecular formula is C17H22N2O3S. The Morgan fingerprint density at radius 3 is 3.09 bits per heavy atom. The number of aryl methyl sites for hydroxylation is 1. The molecule has 0 aliphatic heterocycles. The van der Waals surface area contributed by atoms with Gasteiger partial charge in [0, 0.05) is 36.6 Å². The van der Waals surface area contributed by atoms with Crippen molar-refractivity contribution in [3.8, 4) is 0 Å². The van der Waals surface area contributed by atoms with E-state index in [1.54, 1.807) is 7.11 Å². The van der Waals surface area contributed by atoms with Gasteiger partial charge in [-0.05, 0) is 38.5 Å². The molecule has 4 bridgehead atoms. The van der Waals surface area contributed by atoms with Crippen molar-refractivity contribution in [1.82, 2.24) is 4.57 Å². The smallest absolute Gasteiger partial charge is 0.255 e. The van der Waals surface area contributed by atoms with E-state index in [-0.39, 0.29) is 17.7 Å². The van der Waals surface area contributed by atoms with Gasteiger partial charge in [-0.3, -0.25) is 9.59 Å². The van der Waals surface area contributed by atoms with Crippen LogP contribution in [0.4, 0.5) is 0 Å². The van der Waals surface area contributed by atoms with E-state index in [2.05, 4.69) is 4.99 Å². The number of nitrogens with zero attached hydrogens (tertiary/aromatic N) is 2. The van der Waals surface area contributed by atoms with Gasteiger partial charge in [0.15, 0.2) is 4.80 Å². The number of amides is 1. The zero-order chi connectivity index (χ0) is 16.2. The molecule has 4 fully saturated rings. The van der Waals surface area contributed by atoms with E-state index in [4.69, 9.17) is 4.74 Å². The van der Waals surface area contributed by atoms with Crippen LogP contribution in [0.3, 0.4) is 0 Å². The fourth-order valence-electron chi connectivity index (χ4n) is 4.98. The molecule has 5 rings (SSSR count). The lowest BCUT2D eigenvalue weighted by Crippen LogP contribution is -2.33. The molecule has 6 heteroatoms. The zero-order valence-electron chi connectivity index (χ0n) is 13.6. The molecule has 4 unspecified atom stereocenters. The number of carbonyl (C=O) groups is 2. The van der Waals surface area contributed by atoms with Crippen LogP contribution >= 0.6 is 11.3 Å². The molecule has 23 heavy (non-hydrogen) atoms. The number of carbonyl (C=O) groups excluding carboxylic acids is 2. The van der Waals surface area contributed by atoms with Crippen molar-refractivity contribution in [3.05, 3.63) is 15.9 Å². The molecule has 4 saturated carbocycles. The molecule has 0 saturated heterocycles. The van der Waals surface area contributed by atoms with Crippen LogP contribution in [-0.4, -0.2) is 30.0 Å². The van der Waals surface area contributed by atoms with E-state index in [1.165, 1.54) is 11.3 Å². The van der Waals surface area contributed by atoms with E-state index >= 15 is 0 Å². The number of hydrogen-bond acceptors (Lipinski definition) is 4. The van der Waals surface area contributed by atoms with Crippen molar-refractivity contribution in [2.24, 2.45) is 28.2 Å². The van der Waals surface area contributed by atoms with Crippen LogP contribution in [-0.2, 0) is 20.9 Å². The van der Waals surface area contributed by atoms with Crippen LogP contribution in [0.1, 0.15) is 30.6 Å². The number of methoxy groups -OCH3 is 1. The molecule has 0 spiro atoms. The first kappa shape index (κ1) is 15.3. The number of Topliss-reactive ketones (excluding diaryl/α,β-unsaturated/α-hetero) is 1. The lowest BCUT2D eigenvalue weighted by atomic mass is 9.75. The van der Waals surface area contributed by atoms with Gasteiger partial charge in [-0.25, -0.2) is 0 Å². The summed E-state index contributed by atoms with van der Waals surface area (Å²) in [5.41, 5.74) is -0.484. The van der Waals surface area contributed by atoms with Crippen LogP contribution in [0.2, 0.25) is 0 Å². The van der Waals surface area contributed by atoms with Crippen LogP contribution in [0, 0.1) is 30.1 Å². The highest BCUT2D eigenvalue weighted by Gasteiger charge is 2.65. The molecule has 1 heterocycles. The summed E-state index contributed by atoms with van der Waals surface area (Å²) in [6.07, 6.45) is 5.51. The van der Waals surface area contributed by atoms with E-state index in [9.17, 15) is 9.59 Å². The standard InChI is InChI=1S/C17H22N2O3S/c1-10-9-19(3-4-22-2)16(23-10)18-15(21)17-7-11-5-12(8-17)14(20)13(17)6-11/h9,11-13H,3-8H2,1-2H3. The van der Waals surface area contributed by atoms with Crippen LogP contribution in [0.25, 0.3) is 0 Å². The minimum Gasteiger partial charge on any atom is -0.383 e. The van der Waals surface area contributed by atoms with Crippen molar-refractivity contribution in [2.75, 3.05) is 13.7 Å². The Labute approximate surface area is 139 Å². The molecule has 1 aromatic rings. The van der Waals surface area contributed by atoms with Crippen molar-refractivity contribution >= 4 is 23.0 Å². The van der Waals surface area contributed by atoms with Crippen molar-refractivity contribution in [3.63, 3.8) is 0 Å². The Kier molecular flexibility index (Phi) is 3.57. The van der Waals surface area contributed by atoms with Gasteiger partial charge in [0.2, 0.25) is 0 Å². The maximum atomic E-state index is 13.0. The number of rotatable bonds is 4. The lowest BCUT2D eigenvalue weighted by Gasteiger charge is -2.28. The van der Waals surface area contributed by atoms with Crippen LogP contribution in [0.15, 0.2) is 11.2 Å². The summed E-state index contributed by atoms with van der Waals surface area (Å²) in [7, 11) is 1.67. The van der Waals surface area contributed by atoms with Gasteiger partial charge in [-0.2, -0.15) is 4.99 Å². The molecule has 1 aromatic heterocycles. The number of aromatic nitrogens is 1. The first-order valence-corrected chi connectivity index (χ1v) is 9.14. The van der Waals surface area contributed by atoms with E-state index in [1.807, 2.05) is 17.7 Å². The predicted molar refractivity (Wildman–Crippen MR) is 85.9 cm³/mol.